The van der Waals surface area contributed by atoms with E-state index in [1.165, 1.54) is 11.3 Å². The topological polar surface area (TPSA) is 98.1 Å². The van der Waals surface area contributed by atoms with E-state index >= 15 is 0 Å². The van der Waals surface area contributed by atoms with Gasteiger partial charge < -0.3 is 15.5 Å². The van der Waals surface area contributed by atoms with E-state index in [1.807, 2.05) is 0 Å². The molecular formula is C11H10BrN3O3S. The average Bonchev–Trinajstić information content (AvgIpc) is 3.08. The molecule has 0 bridgehead atoms. The van der Waals surface area contributed by atoms with Crippen molar-refractivity contribution < 1.29 is 9.53 Å². The number of nitrogens with one attached hydrogen (secondary N) is 1. The van der Waals surface area contributed by atoms with Gasteiger partial charge in [0.1, 0.15) is 4.70 Å². The van der Waals surface area contributed by atoms with E-state index in [4.69, 9.17) is 10.5 Å². The number of primary amides is 1. The maximum atomic E-state index is 12.0. The molecule has 8 heteroatoms. The van der Waals surface area contributed by atoms with Crippen LogP contribution in [0, 0.1) is 5.92 Å². The minimum Gasteiger partial charge on any atom is -0.438 e. The number of rotatable bonds is 3. The Hall–Kier alpha value is -1.41. The highest BCUT2D eigenvalue weighted by molar-refractivity contribution is 9.11. The number of carbonyl (C=O) groups is 1. The highest BCUT2D eigenvalue weighted by atomic mass is 79.9. The molecule has 1 saturated carbocycles. The second-order valence-corrected chi connectivity index (χ2v) is 6.84. The number of hydrogen-bond acceptors (Lipinski definition) is 5. The Kier molecular flexibility index (Phi) is 3.06. The molecule has 0 saturated heterocycles. The van der Waals surface area contributed by atoms with E-state index in [-0.39, 0.29) is 11.5 Å². The number of nitrogens with two attached hydrogens (primary N) is 1. The van der Waals surface area contributed by atoms with Gasteiger partial charge in [0.15, 0.2) is 11.9 Å². The number of hydrogen-bond donors (Lipinski definition) is 2. The summed E-state index contributed by atoms with van der Waals surface area (Å²) in [7, 11) is 0. The van der Waals surface area contributed by atoms with Crippen molar-refractivity contribution in [1.29, 1.82) is 0 Å². The lowest BCUT2D eigenvalue weighted by Crippen LogP contribution is -2.22. The van der Waals surface area contributed by atoms with Gasteiger partial charge in [-0.3, -0.25) is 4.79 Å². The van der Waals surface area contributed by atoms with E-state index in [9.17, 15) is 9.59 Å². The zero-order valence-corrected chi connectivity index (χ0v) is 12.1. The molecule has 100 valence electrons. The van der Waals surface area contributed by atoms with Crippen LogP contribution < -0.4 is 11.3 Å². The molecule has 1 amide bonds. The fourth-order valence-corrected chi connectivity index (χ4v) is 3.38. The first-order chi connectivity index (χ1) is 9.04. The number of halogens is 1. The second-order valence-electron chi connectivity index (χ2n) is 4.41. The van der Waals surface area contributed by atoms with Crippen LogP contribution in [0.4, 0.5) is 4.79 Å². The van der Waals surface area contributed by atoms with Crippen LogP contribution in [0.15, 0.2) is 14.6 Å². The Morgan fingerprint density at radius 3 is 3.00 bits per heavy atom. The van der Waals surface area contributed by atoms with Crippen LogP contribution in [0.25, 0.3) is 10.2 Å². The zero-order valence-electron chi connectivity index (χ0n) is 9.68. The molecule has 2 aromatic heterocycles. The summed E-state index contributed by atoms with van der Waals surface area (Å²) in [5.41, 5.74) is 5.43. The van der Waals surface area contributed by atoms with E-state index < -0.39 is 12.2 Å². The van der Waals surface area contributed by atoms with Crippen molar-refractivity contribution in [2.45, 2.75) is 18.9 Å². The number of H-pyrrole nitrogens is 1. The molecule has 2 heterocycles. The number of aromatic amines is 1. The van der Waals surface area contributed by atoms with Gasteiger partial charge in [-0.2, -0.15) is 0 Å². The van der Waals surface area contributed by atoms with Crippen LogP contribution in [-0.4, -0.2) is 16.1 Å². The lowest BCUT2D eigenvalue weighted by atomic mass is 10.2. The second kappa shape index (κ2) is 4.61. The SMILES string of the molecule is NC(=O)O[C@H](c1nc2cc(Br)sc2c(=O)[nH]1)C1CC1. The average molecular weight is 344 g/mol. The van der Waals surface area contributed by atoms with Crippen molar-refractivity contribution in [2.24, 2.45) is 11.7 Å². The summed E-state index contributed by atoms with van der Waals surface area (Å²) in [5.74, 6) is 0.555. The first-order valence-electron chi connectivity index (χ1n) is 5.70. The number of amides is 1. The first kappa shape index (κ1) is 12.6. The lowest BCUT2D eigenvalue weighted by Gasteiger charge is -2.14. The lowest BCUT2D eigenvalue weighted by molar-refractivity contribution is 0.0881. The predicted octanol–water partition coefficient (Wildman–Crippen LogP) is 2.29. The Labute approximate surface area is 120 Å². The smallest absolute Gasteiger partial charge is 0.405 e. The van der Waals surface area contributed by atoms with Crippen LogP contribution in [0.2, 0.25) is 0 Å². The summed E-state index contributed by atoms with van der Waals surface area (Å²) < 4.78 is 6.44. The monoisotopic (exact) mass is 343 g/mol. The summed E-state index contributed by atoms with van der Waals surface area (Å²) in [5, 5.41) is 0. The fraction of sp³-hybridized carbons (Fsp3) is 0.364. The standard InChI is InChI=1S/C11H10BrN3O3S/c12-6-3-5-8(19-6)10(16)15-9(14-5)7(4-1-2-4)18-11(13)17/h3-4,7H,1-2H2,(H2,13,17)(H,14,15,16)/t7-/m0/s1. The molecule has 1 aliphatic rings. The third kappa shape index (κ3) is 2.50. The number of aromatic nitrogens is 2. The maximum Gasteiger partial charge on any atom is 0.405 e. The largest absolute Gasteiger partial charge is 0.438 e. The van der Waals surface area contributed by atoms with Gasteiger partial charge in [-0.15, -0.1) is 11.3 Å². The molecule has 6 nitrogen and oxygen atoms in total. The van der Waals surface area contributed by atoms with Gasteiger partial charge in [-0.05, 0) is 34.8 Å². The van der Waals surface area contributed by atoms with E-state index in [0.29, 0.717) is 16.0 Å². The van der Waals surface area contributed by atoms with Crippen molar-refractivity contribution in [3.8, 4) is 0 Å². The highest BCUT2D eigenvalue weighted by Crippen LogP contribution is 2.42. The number of carbonyl (C=O) groups excluding carboxylic acids is 1. The molecule has 3 N–H and O–H groups in total. The van der Waals surface area contributed by atoms with Gasteiger partial charge in [0.05, 0.1) is 9.30 Å². The molecular weight excluding hydrogens is 334 g/mol. The molecule has 3 rings (SSSR count). The fourth-order valence-electron chi connectivity index (χ4n) is 1.96. The van der Waals surface area contributed by atoms with Gasteiger partial charge in [0.2, 0.25) is 0 Å². The molecule has 0 radical (unpaired) electrons. The Bertz CT molecular complexity index is 707. The predicted molar refractivity (Wildman–Crippen MR) is 74.1 cm³/mol. The Morgan fingerprint density at radius 2 is 2.37 bits per heavy atom. The van der Waals surface area contributed by atoms with Crippen molar-refractivity contribution in [3.63, 3.8) is 0 Å². The summed E-state index contributed by atoms with van der Waals surface area (Å²) in [6, 6.07) is 1.77. The van der Waals surface area contributed by atoms with Crippen LogP contribution >= 0.6 is 27.3 Å². The van der Waals surface area contributed by atoms with Crippen LogP contribution in [0.1, 0.15) is 24.8 Å². The van der Waals surface area contributed by atoms with E-state index in [2.05, 4.69) is 25.9 Å². The quantitative estimate of drug-likeness (QED) is 0.893. The van der Waals surface area contributed by atoms with Crippen molar-refractivity contribution in [1.82, 2.24) is 9.97 Å². The number of nitrogens with zero attached hydrogens (tertiary/aromatic N) is 1. The number of fused-ring (bicyclic) bond motifs is 1. The Balaban J connectivity index is 2.07. The first-order valence-corrected chi connectivity index (χ1v) is 7.31. The highest BCUT2D eigenvalue weighted by Gasteiger charge is 2.37. The van der Waals surface area contributed by atoms with Gasteiger partial charge in [0, 0.05) is 5.92 Å². The van der Waals surface area contributed by atoms with Gasteiger partial charge in [-0.25, -0.2) is 9.78 Å². The molecule has 1 fully saturated rings. The summed E-state index contributed by atoms with van der Waals surface area (Å²) >= 11 is 4.64. The number of ether oxygens (including phenoxy) is 1. The van der Waals surface area contributed by atoms with E-state index in [0.717, 1.165) is 16.6 Å². The minimum atomic E-state index is -0.855. The summed E-state index contributed by atoms with van der Waals surface area (Å²) in [6.07, 6.45) is 0.458. The summed E-state index contributed by atoms with van der Waals surface area (Å²) in [6.45, 7) is 0. The van der Waals surface area contributed by atoms with E-state index in [1.54, 1.807) is 6.07 Å². The van der Waals surface area contributed by atoms with Crippen LogP contribution in [-0.2, 0) is 4.74 Å². The molecule has 0 aromatic carbocycles. The minimum absolute atomic E-state index is 0.190. The van der Waals surface area contributed by atoms with Gasteiger partial charge >= 0.3 is 6.09 Å². The van der Waals surface area contributed by atoms with Crippen LogP contribution in [0.5, 0.6) is 0 Å². The zero-order chi connectivity index (χ0) is 13.6. The molecule has 1 aliphatic carbocycles. The third-order valence-corrected chi connectivity index (χ3v) is 4.56. The molecule has 0 unspecified atom stereocenters. The number of thiophene rings is 1. The normalized spacial score (nSPS) is 16.5. The molecule has 2 aromatic rings. The van der Waals surface area contributed by atoms with Gasteiger partial charge in [0.25, 0.3) is 5.56 Å². The molecule has 0 aliphatic heterocycles. The molecule has 19 heavy (non-hydrogen) atoms. The van der Waals surface area contributed by atoms with Crippen molar-refractivity contribution >= 4 is 43.6 Å². The Morgan fingerprint density at radius 1 is 1.63 bits per heavy atom. The van der Waals surface area contributed by atoms with Gasteiger partial charge in [-0.1, -0.05) is 0 Å². The van der Waals surface area contributed by atoms with Crippen LogP contribution in [0.3, 0.4) is 0 Å². The molecule has 1 atom stereocenters. The van der Waals surface area contributed by atoms with Crippen molar-refractivity contribution in [3.05, 3.63) is 26.0 Å². The third-order valence-electron chi connectivity index (χ3n) is 2.93. The molecule has 0 spiro atoms. The van der Waals surface area contributed by atoms with Crippen molar-refractivity contribution in [2.75, 3.05) is 0 Å². The maximum absolute atomic E-state index is 12.0. The summed E-state index contributed by atoms with van der Waals surface area (Å²) in [4.78, 5) is 30.0.